The lowest BCUT2D eigenvalue weighted by Gasteiger charge is -2.17. The van der Waals surface area contributed by atoms with Gasteiger partial charge in [0.25, 0.3) is 0 Å². The minimum atomic E-state index is -0.830. The fourth-order valence-corrected chi connectivity index (χ4v) is 2.27. The molecule has 2 unspecified atom stereocenters. The smallest absolute Gasteiger partial charge is 0.317 e. The normalized spacial score (nSPS) is 19.1. The first-order chi connectivity index (χ1) is 9.92. The fraction of sp³-hybridized carbons (Fsp3) is 0.786. The topological polar surface area (TPSA) is 98.7 Å². The average Bonchev–Trinajstić information content (AvgIpc) is 2.86. The molecule has 1 aliphatic heterocycles. The number of carboxylic acids is 1. The van der Waals surface area contributed by atoms with Crippen molar-refractivity contribution >= 4 is 17.9 Å². The highest BCUT2D eigenvalue weighted by molar-refractivity contribution is 5.78. The number of hydrogen-bond donors (Lipinski definition) is 3. The van der Waals surface area contributed by atoms with E-state index >= 15 is 0 Å². The second-order valence-electron chi connectivity index (χ2n) is 5.56. The fourth-order valence-electron chi connectivity index (χ4n) is 2.27. The van der Waals surface area contributed by atoms with Crippen LogP contribution in [0.15, 0.2) is 0 Å². The molecule has 7 nitrogen and oxygen atoms in total. The lowest BCUT2D eigenvalue weighted by Crippen LogP contribution is -2.41. The number of hydrogen-bond acceptors (Lipinski definition) is 3. The number of likely N-dealkylation sites (tertiary alicyclic amines) is 1. The van der Waals surface area contributed by atoms with Crippen LogP contribution in [-0.2, 0) is 9.59 Å². The molecule has 1 rings (SSSR count). The van der Waals surface area contributed by atoms with Gasteiger partial charge in [-0.1, -0.05) is 6.92 Å². The van der Waals surface area contributed by atoms with Crippen molar-refractivity contribution in [3.05, 3.63) is 0 Å². The van der Waals surface area contributed by atoms with E-state index in [2.05, 4.69) is 10.6 Å². The molecule has 3 amide bonds. The Labute approximate surface area is 125 Å². The number of nitrogens with zero attached hydrogens (tertiary/aromatic N) is 1. The summed E-state index contributed by atoms with van der Waals surface area (Å²) < 4.78 is 0. The van der Waals surface area contributed by atoms with Gasteiger partial charge in [-0.05, 0) is 25.7 Å². The van der Waals surface area contributed by atoms with Crippen LogP contribution in [-0.4, -0.2) is 53.6 Å². The summed E-state index contributed by atoms with van der Waals surface area (Å²) in [6.45, 7) is 5.26. The Morgan fingerprint density at radius 3 is 2.71 bits per heavy atom. The van der Waals surface area contributed by atoms with E-state index in [0.717, 1.165) is 6.42 Å². The number of carbonyl (C=O) groups excluding carboxylic acids is 2. The van der Waals surface area contributed by atoms with E-state index in [4.69, 9.17) is 5.11 Å². The van der Waals surface area contributed by atoms with Crippen molar-refractivity contribution in [3.8, 4) is 0 Å². The molecule has 1 aliphatic rings. The molecular formula is C14H25N3O4. The van der Waals surface area contributed by atoms with Gasteiger partial charge in [0.2, 0.25) is 5.91 Å². The van der Waals surface area contributed by atoms with Crippen molar-refractivity contribution in [3.63, 3.8) is 0 Å². The van der Waals surface area contributed by atoms with Gasteiger partial charge < -0.3 is 20.6 Å². The van der Waals surface area contributed by atoms with E-state index in [1.54, 1.807) is 4.90 Å². The molecule has 7 heteroatoms. The van der Waals surface area contributed by atoms with Gasteiger partial charge in [0.15, 0.2) is 0 Å². The minimum Gasteiger partial charge on any atom is -0.481 e. The summed E-state index contributed by atoms with van der Waals surface area (Å²) in [5, 5.41) is 14.3. The summed E-state index contributed by atoms with van der Waals surface area (Å²) in [5.74, 6) is -0.874. The summed E-state index contributed by atoms with van der Waals surface area (Å²) in [5.41, 5.74) is 0. The van der Waals surface area contributed by atoms with Crippen LogP contribution < -0.4 is 10.6 Å². The minimum absolute atomic E-state index is 0.0296. The molecule has 1 heterocycles. The molecular weight excluding hydrogens is 274 g/mol. The van der Waals surface area contributed by atoms with Crippen LogP contribution in [0.4, 0.5) is 4.79 Å². The van der Waals surface area contributed by atoms with E-state index in [-0.39, 0.29) is 36.7 Å². The average molecular weight is 299 g/mol. The molecule has 0 saturated carbocycles. The zero-order valence-corrected chi connectivity index (χ0v) is 12.7. The Kier molecular flexibility index (Phi) is 6.98. The molecule has 21 heavy (non-hydrogen) atoms. The Balaban J connectivity index is 2.20. The second kappa shape index (κ2) is 8.49. The molecule has 0 aromatic carbocycles. The van der Waals surface area contributed by atoms with Gasteiger partial charge in [0.1, 0.15) is 0 Å². The maximum Gasteiger partial charge on any atom is 0.317 e. The van der Waals surface area contributed by atoms with Crippen LogP contribution >= 0.6 is 0 Å². The van der Waals surface area contributed by atoms with Gasteiger partial charge in [-0.15, -0.1) is 0 Å². The molecule has 0 bridgehead atoms. The van der Waals surface area contributed by atoms with Crippen molar-refractivity contribution in [2.24, 2.45) is 5.92 Å². The van der Waals surface area contributed by atoms with Gasteiger partial charge in [-0.2, -0.15) is 0 Å². The number of nitrogens with one attached hydrogen (secondary N) is 2. The number of rotatable bonds is 7. The second-order valence-corrected chi connectivity index (χ2v) is 5.56. The number of carbonyl (C=O) groups is 3. The van der Waals surface area contributed by atoms with Crippen LogP contribution in [0.2, 0.25) is 0 Å². The van der Waals surface area contributed by atoms with Crippen LogP contribution in [0.1, 0.15) is 39.5 Å². The third-order valence-corrected chi connectivity index (χ3v) is 3.68. The SMILES string of the molecule is CCC(C)NC(=O)CCNC(=O)N1CCC(CC(=O)O)C1. The molecule has 120 valence electrons. The molecule has 0 aromatic rings. The summed E-state index contributed by atoms with van der Waals surface area (Å²) in [6, 6.07) is -0.0808. The van der Waals surface area contributed by atoms with Gasteiger partial charge in [0.05, 0.1) is 0 Å². The first-order valence-corrected chi connectivity index (χ1v) is 7.46. The van der Waals surface area contributed by atoms with Crippen LogP contribution in [0.3, 0.4) is 0 Å². The third-order valence-electron chi connectivity index (χ3n) is 3.68. The lowest BCUT2D eigenvalue weighted by molar-refractivity contribution is -0.138. The standard InChI is InChI=1S/C14H25N3O4/c1-3-10(2)16-12(18)4-6-15-14(21)17-7-5-11(9-17)8-13(19)20/h10-11H,3-9H2,1-2H3,(H,15,21)(H,16,18)(H,19,20). The summed E-state index contributed by atoms with van der Waals surface area (Å²) in [4.78, 5) is 35.7. The summed E-state index contributed by atoms with van der Waals surface area (Å²) >= 11 is 0. The highest BCUT2D eigenvalue weighted by Crippen LogP contribution is 2.19. The zero-order chi connectivity index (χ0) is 15.8. The first-order valence-electron chi connectivity index (χ1n) is 7.46. The Bertz CT molecular complexity index is 386. The predicted octanol–water partition coefficient (Wildman–Crippen LogP) is 0.797. The highest BCUT2D eigenvalue weighted by Gasteiger charge is 2.27. The lowest BCUT2D eigenvalue weighted by atomic mass is 10.1. The first kappa shape index (κ1) is 17.3. The Hall–Kier alpha value is -1.79. The quantitative estimate of drug-likeness (QED) is 0.647. The molecule has 0 spiro atoms. The van der Waals surface area contributed by atoms with E-state index in [1.807, 2.05) is 13.8 Å². The molecule has 1 fully saturated rings. The Morgan fingerprint density at radius 1 is 1.38 bits per heavy atom. The van der Waals surface area contributed by atoms with Gasteiger partial charge in [0, 0.05) is 38.5 Å². The monoisotopic (exact) mass is 299 g/mol. The van der Waals surface area contributed by atoms with Crippen LogP contribution in [0, 0.1) is 5.92 Å². The van der Waals surface area contributed by atoms with Gasteiger partial charge in [-0.25, -0.2) is 4.79 Å². The van der Waals surface area contributed by atoms with Crippen LogP contribution in [0.5, 0.6) is 0 Å². The van der Waals surface area contributed by atoms with E-state index in [0.29, 0.717) is 26.1 Å². The molecule has 1 saturated heterocycles. The predicted molar refractivity (Wildman–Crippen MR) is 77.8 cm³/mol. The maximum atomic E-state index is 11.9. The molecule has 2 atom stereocenters. The highest BCUT2D eigenvalue weighted by atomic mass is 16.4. The van der Waals surface area contributed by atoms with Crippen molar-refractivity contribution in [1.82, 2.24) is 15.5 Å². The largest absolute Gasteiger partial charge is 0.481 e. The zero-order valence-electron chi connectivity index (χ0n) is 12.7. The van der Waals surface area contributed by atoms with Crippen molar-refractivity contribution in [1.29, 1.82) is 0 Å². The molecule has 0 aliphatic carbocycles. The molecule has 0 radical (unpaired) electrons. The van der Waals surface area contributed by atoms with Crippen molar-refractivity contribution < 1.29 is 19.5 Å². The van der Waals surface area contributed by atoms with Crippen molar-refractivity contribution in [2.75, 3.05) is 19.6 Å². The number of amides is 3. The van der Waals surface area contributed by atoms with Crippen LogP contribution in [0.25, 0.3) is 0 Å². The van der Waals surface area contributed by atoms with Gasteiger partial charge in [-0.3, -0.25) is 9.59 Å². The van der Waals surface area contributed by atoms with Crippen molar-refractivity contribution in [2.45, 2.75) is 45.6 Å². The number of aliphatic carboxylic acids is 1. The Morgan fingerprint density at radius 2 is 2.10 bits per heavy atom. The maximum absolute atomic E-state index is 11.9. The summed E-state index contributed by atoms with van der Waals surface area (Å²) in [6.07, 6.45) is 1.94. The van der Waals surface area contributed by atoms with E-state index in [1.165, 1.54) is 0 Å². The molecule has 0 aromatic heterocycles. The summed E-state index contributed by atoms with van der Waals surface area (Å²) in [7, 11) is 0. The third kappa shape index (κ3) is 6.46. The van der Waals surface area contributed by atoms with E-state index < -0.39 is 5.97 Å². The number of carboxylic acid groups (broad SMARTS) is 1. The molecule has 3 N–H and O–H groups in total. The van der Waals surface area contributed by atoms with E-state index in [9.17, 15) is 14.4 Å². The number of urea groups is 1. The van der Waals surface area contributed by atoms with Gasteiger partial charge >= 0.3 is 12.0 Å².